The van der Waals surface area contributed by atoms with Crippen molar-refractivity contribution in [2.45, 2.75) is 0 Å². The van der Waals surface area contributed by atoms with Crippen molar-refractivity contribution in [2.75, 3.05) is 7.11 Å². The topological polar surface area (TPSA) is 37.9 Å². The molecular formula is C10H9ClN2O. The van der Waals surface area contributed by atoms with E-state index in [1.54, 1.807) is 19.4 Å². The van der Waals surface area contributed by atoms with E-state index in [4.69, 9.17) is 16.3 Å². The summed E-state index contributed by atoms with van der Waals surface area (Å²) in [4.78, 5) is 0. The largest absolute Gasteiger partial charge is 0.496 e. The fraction of sp³-hybridized carbons (Fsp3) is 0.100. The Morgan fingerprint density at radius 1 is 1.36 bits per heavy atom. The third-order valence-electron chi connectivity index (χ3n) is 1.95. The Labute approximate surface area is 86.7 Å². The van der Waals surface area contributed by atoms with Gasteiger partial charge in [-0.05, 0) is 24.3 Å². The van der Waals surface area contributed by atoms with Crippen LogP contribution in [0.2, 0.25) is 5.02 Å². The second kappa shape index (κ2) is 3.72. The van der Waals surface area contributed by atoms with Crippen LogP contribution in [-0.4, -0.2) is 17.3 Å². The Morgan fingerprint density at radius 3 is 2.86 bits per heavy atom. The number of halogens is 1. The highest BCUT2D eigenvalue weighted by atomic mass is 35.5. The lowest BCUT2D eigenvalue weighted by molar-refractivity contribution is 0.416. The molecule has 0 spiro atoms. The molecule has 0 unspecified atom stereocenters. The normalized spacial score (nSPS) is 10.1. The predicted molar refractivity (Wildman–Crippen MR) is 55.6 cm³/mol. The van der Waals surface area contributed by atoms with Gasteiger partial charge in [0.2, 0.25) is 0 Å². The molecule has 0 bridgehead atoms. The highest BCUT2D eigenvalue weighted by molar-refractivity contribution is 6.30. The molecule has 0 amide bonds. The summed E-state index contributed by atoms with van der Waals surface area (Å²) < 4.78 is 5.22. The van der Waals surface area contributed by atoms with Gasteiger partial charge >= 0.3 is 0 Å². The van der Waals surface area contributed by atoms with Crippen LogP contribution in [0.15, 0.2) is 30.5 Å². The minimum atomic E-state index is 0.658. The van der Waals surface area contributed by atoms with Crippen LogP contribution in [-0.2, 0) is 0 Å². The van der Waals surface area contributed by atoms with Crippen LogP contribution in [0, 0.1) is 0 Å². The van der Waals surface area contributed by atoms with Gasteiger partial charge in [-0.25, -0.2) is 0 Å². The molecule has 3 nitrogen and oxygen atoms in total. The first-order chi connectivity index (χ1) is 6.81. The quantitative estimate of drug-likeness (QED) is 0.824. The molecule has 0 aliphatic carbocycles. The number of ether oxygens (including phenoxy) is 1. The van der Waals surface area contributed by atoms with Gasteiger partial charge in [0.15, 0.2) is 0 Å². The van der Waals surface area contributed by atoms with Crippen LogP contribution in [0.4, 0.5) is 0 Å². The van der Waals surface area contributed by atoms with Crippen LogP contribution < -0.4 is 4.74 Å². The SMILES string of the molecule is COc1cc(Cl)ccc1-c1ccn[nH]1. The highest BCUT2D eigenvalue weighted by Gasteiger charge is 2.06. The molecule has 4 heteroatoms. The first kappa shape index (κ1) is 9.09. The summed E-state index contributed by atoms with van der Waals surface area (Å²) in [6.07, 6.45) is 1.70. The molecular weight excluding hydrogens is 200 g/mol. The third kappa shape index (κ3) is 1.59. The summed E-state index contributed by atoms with van der Waals surface area (Å²) in [6, 6.07) is 7.37. The first-order valence-corrected chi connectivity index (χ1v) is 4.52. The van der Waals surface area contributed by atoms with Crippen molar-refractivity contribution in [1.29, 1.82) is 0 Å². The van der Waals surface area contributed by atoms with Gasteiger partial charge in [-0.1, -0.05) is 11.6 Å². The molecule has 0 aliphatic rings. The summed E-state index contributed by atoms with van der Waals surface area (Å²) >= 11 is 5.85. The van der Waals surface area contributed by atoms with E-state index >= 15 is 0 Å². The summed E-state index contributed by atoms with van der Waals surface area (Å²) in [5.41, 5.74) is 1.87. The molecule has 1 heterocycles. The smallest absolute Gasteiger partial charge is 0.129 e. The second-order valence-corrected chi connectivity index (χ2v) is 3.25. The molecule has 0 aliphatic heterocycles. The van der Waals surface area contributed by atoms with Crippen LogP contribution in [0.5, 0.6) is 5.75 Å². The highest BCUT2D eigenvalue weighted by Crippen LogP contribution is 2.30. The Hall–Kier alpha value is -1.48. The number of nitrogens with one attached hydrogen (secondary N) is 1. The van der Waals surface area contributed by atoms with Crippen molar-refractivity contribution in [3.63, 3.8) is 0 Å². The fourth-order valence-electron chi connectivity index (χ4n) is 1.29. The van der Waals surface area contributed by atoms with Gasteiger partial charge < -0.3 is 4.74 Å². The third-order valence-corrected chi connectivity index (χ3v) is 2.19. The zero-order valence-electron chi connectivity index (χ0n) is 7.62. The number of rotatable bonds is 2. The minimum absolute atomic E-state index is 0.658. The molecule has 0 radical (unpaired) electrons. The molecule has 72 valence electrons. The maximum absolute atomic E-state index is 5.85. The van der Waals surface area contributed by atoms with E-state index in [-0.39, 0.29) is 0 Å². The van der Waals surface area contributed by atoms with Crippen LogP contribution in [0.3, 0.4) is 0 Å². The number of methoxy groups -OCH3 is 1. The number of H-pyrrole nitrogens is 1. The average molecular weight is 209 g/mol. The van der Waals surface area contributed by atoms with Gasteiger partial charge in [0.05, 0.1) is 12.8 Å². The Morgan fingerprint density at radius 2 is 2.21 bits per heavy atom. The lowest BCUT2D eigenvalue weighted by atomic mass is 10.1. The van der Waals surface area contributed by atoms with Gasteiger partial charge in [0.25, 0.3) is 0 Å². The molecule has 1 aromatic carbocycles. The van der Waals surface area contributed by atoms with E-state index in [9.17, 15) is 0 Å². The van der Waals surface area contributed by atoms with E-state index < -0.39 is 0 Å². The predicted octanol–water partition coefficient (Wildman–Crippen LogP) is 2.74. The van der Waals surface area contributed by atoms with Crippen LogP contribution in [0.1, 0.15) is 0 Å². The van der Waals surface area contributed by atoms with Crippen LogP contribution in [0.25, 0.3) is 11.3 Å². The summed E-state index contributed by atoms with van der Waals surface area (Å²) in [7, 11) is 1.62. The van der Waals surface area contributed by atoms with E-state index in [0.29, 0.717) is 5.02 Å². The number of hydrogen-bond acceptors (Lipinski definition) is 2. The molecule has 2 rings (SSSR count). The molecule has 1 N–H and O–H groups in total. The Kier molecular flexibility index (Phi) is 2.41. The zero-order valence-corrected chi connectivity index (χ0v) is 8.38. The molecule has 1 aromatic heterocycles. The summed E-state index contributed by atoms with van der Waals surface area (Å²) in [6.45, 7) is 0. The number of benzene rings is 1. The summed E-state index contributed by atoms with van der Waals surface area (Å²) in [5.74, 6) is 0.738. The molecule has 2 aromatic rings. The van der Waals surface area contributed by atoms with Gasteiger partial charge in [-0.2, -0.15) is 5.10 Å². The molecule has 0 saturated heterocycles. The van der Waals surface area contributed by atoms with Crippen LogP contribution >= 0.6 is 11.6 Å². The molecule has 14 heavy (non-hydrogen) atoms. The van der Waals surface area contributed by atoms with Crippen molar-refractivity contribution in [3.05, 3.63) is 35.5 Å². The van der Waals surface area contributed by atoms with Crippen molar-refractivity contribution in [1.82, 2.24) is 10.2 Å². The van der Waals surface area contributed by atoms with Gasteiger partial charge in [0, 0.05) is 16.8 Å². The second-order valence-electron chi connectivity index (χ2n) is 2.81. The Balaban J connectivity index is 2.53. The van der Waals surface area contributed by atoms with E-state index in [0.717, 1.165) is 17.0 Å². The maximum atomic E-state index is 5.85. The number of hydrogen-bond donors (Lipinski definition) is 1. The van der Waals surface area contributed by atoms with E-state index in [1.165, 1.54) is 0 Å². The van der Waals surface area contributed by atoms with Gasteiger partial charge in [-0.15, -0.1) is 0 Å². The lowest BCUT2D eigenvalue weighted by Crippen LogP contribution is -1.87. The lowest BCUT2D eigenvalue weighted by Gasteiger charge is -2.06. The maximum Gasteiger partial charge on any atom is 0.129 e. The van der Waals surface area contributed by atoms with Crippen molar-refractivity contribution in [2.24, 2.45) is 0 Å². The van der Waals surface area contributed by atoms with E-state index in [2.05, 4.69) is 10.2 Å². The average Bonchev–Trinajstić information content (AvgIpc) is 2.70. The number of aromatic amines is 1. The van der Waals surface area contributed by atoms with Gasteiger partial charge in [0.1, 0.15) is 5.75 Å². The number of aromatic nitrogens is 2. The minimum Gasteiger partial charge on any atom is -0.496 e. The Bertz CT molecular complexity index is 426. The van der Waals surface area contributed by atoms with Crippen molar-refractivity contribution in [3.8, 4) is 17.0 Å². The first-order valence-electron chi connectivity index (χ1n) is 4.14. The fourth-order valence-corrected chi connectivity index (χ4v) is 1.46. The molecule has 0 saturated carbocycles. The summed E-state index contributed by atoms with van der Waals surface area (Å²) in [5, 5.41) is 7.41. The monoisotopic (exact) mass is 208 g/mol. The standard InChI is InChI=1S/C10H9ClN2O/c1-14-10-6-7(11)2-3-8(10)9-4-5-12-13-9/h2-6H,1H3,(H,12,13). The van der Waals surface area contributed by atoms with Crippen molar-refractivity contribution >= 4 is 11.6 Å². The molecule has 0 atom stereocenters. The van der Waals surface area contributed by atoms with Gasteiger partial charge in [-0.3, -0.25) is 5.10 Å². The zero-order chi connectivity index (χ0) is 9.97. The number of nitrogens with zero attached hydrogens (tertiary/aromatic N) is 1. The molecule has 0 fully saturated rings. The van der Waals surface area contributed by atoms with E-state index in [1.807, 2.05) is 18.2 Å². The van der Waals surface area contributed by atoms with Crippen molar-refractivity contribution < 1.29 is 4.74 Å².